The highest BCUT2D eigenvalue weighted by atomic mass is 16.6. The van der Waals surface area contributed by atoms with E-state index in [-0.39, 0.29) is 12.2 Å². The van der Waals surface area contributed by atoms with E-state index in [9.17, 15) is 19.7 Å². The van der Waals surface area contributed by atoms with Gasteiger partial charge in [-0.1, -0.05) is 31.9 Å². The molecule has 2 aromatic carbocycles. The molecule has 3 rings (SSSR count). The monoisotopic (exact) mass is 427 g/mol. The van der Waals surface area contributed by atoms with Crippen molar-refractivity contribution < 1.29 is 14.4 Å². The van der Waals surface area contributed by atoms with Crippen LogP contribution in [-0.2, 0) is 13.0 Å². The lowest BCUT2D eigenvalue weighted by Crippen LogP contribution is -2.35. The number of H-pyrrole nitrogens is 1. The van der Waals surface area contributed by atoms with E-state index in [2.05, 4.69) is 11.9 Å². The number of ether oxygens (including phenoxy) is 2. The molecule has 0 saturated heterocycles. The predicted molar refractivity (Wildman–Crippen MR) is 117 cm³/mol. The maximum Gasteiger partial charge on any atom is 0.328 e. The van der Waals surface area contributed by atoms with E-state index in [0.717, 1.165) is 29.4 Å². The molecule has 0 aliphatic rings. The quantitative estimate of drug-likeness (QED) is 0.301. The summed E-state index contributed by atoms with van der Waals surface area (Å²) in [6.07, 6.45) is 3.29. The van der Waals surface area contributed by atoms with Crippen LogP contribution in [0.3, 0.4) is 0 Å². The minimum atomic E-state index is -0.550. The van der Waals surface area contributed by atoms with Gasteiger partial charge in [-0.05, 0) is 30.5 Å². The second-order valence-electron chi connectivity index (χ2n) is 7.14. The third-order valence-electron chi connectivity index (χ3n) is 5.06. The van der Waals surface area contributed by atoms with Gasteiger partial charge in [0.15, 0.2) is 11.5 Å². The predicted octanol–water partition coefficient (Wildman–Crippen LogP) is 3.42. The number of fused-ring (bicyclic) bond motifs is 1. The third-order valence-corrected chi connectivity index (χ3v) is 5.06. The van der Waals surface area contributed by atoms with Gasteiger partial charge in [0.05, 0.1) is 24.0 Å². The number of aryl methyl sites for hydroxylation is 1. The van der Waals surface area contributed by atoms with Gasteiger partial charge in [-0.2, -0.15) is 0 Å². The Labute approximate surface area is 178 Å². The summed E-state index contributed by atoms with van der Waals surface area (Å²) < 4.78 is 12.3. The first-order valence-electron chi connectivity index (χ1n) is 10.2. The Hall–Kier alpha value is -3.62. The molecule has 0 bridgehead atoms. The lowest BCUT2D eigenvalue weighted by atomic mass is 10.1. The van der Waals surface area contributed by atoms with Crippen LogP contribution in [0, 0.1) is 10.1 Å². The Morgan fingerprint density at radius 3 is 2.48 bits per heavy atom. The number of aromatic nitrogens is 2. The van der Waals surface area contributed by atoms with Crippen molar-refractivity contribution in [3.05, 3.63) is 72.9 Å². The molecule has 0 unspecified atom stereocenters. The molecule has 0 aliphatic carbocycles. The van der Waals surface area contributed by atoms with Crippen molar-refractivity contribution in [2.75, 3.05) is 13.7 Å². The average molecular weight is 427 g/mol. The van der Waals surface area contributed by atoms with E-state index in [1.54, 1.807) is 24.3 Å². The molecule has 31 heavy (non-hydrogen) atoms. The first-order chi connectivity index (χ1) is 15.0. The lowest BCUT2D eigenvalue weighted by molar-refractivity contribution is -0.384. The van der Waals surface area contributed by atoms with Crippen LogP contribution in [0.1, 0.15) is 31.7 Å². The first-order valence-corrected chi connectivity index (χ1v) is 10.2. The summed E-state index contributed by atoms with van der Waals surface area (Å²) in [6.45, 7) is 2.68. The number of rotatable bonds is 10. The van der Waals surface area contributed by atoms with Crippen LogP contribution in [0.4, 0.5) is 5.69 Å². The fourth-order valence-electron chi connectivity index (χ4n) is 3.34. The third kappa shape index (κ3) is 4.93. The zero-order valence-corrected chi connectivity index (χ0v) is 17.6. The van der Waals surface area contributed by atoms with Crippen molar-refractivity contribution in [2.24, 2.45) is 0 Å². The van der Waals surface area contributed by atoms with Gasteiger partial charge in [0, 0.05) is 18.7 Å². The molecule has 0 spiro atoms. The summed E-state index contributed by atoms with van der Waals surface area (Å²) in [4.78, 5) is 38.7. The number of hydrogen-bond donors (Lipinski definition) is 1. The van der Waals surface area contributed by atoms with E-state index in [0.29, 0.717) is 35.4 Å². The lowest BCUT2D eigenvalue weighted by Gasteiger charge is -2.14. The maximum atomic E-state index is 13.0. The van der Waals surface area contributed by atoms with Gasteiger partial charge < -0.3 is 14.5 Å². The molecule has 0 aliphatic heterocycles. The molecule has 1 aromatic heterocycles. The molecule has 3 aromatic rings. The number of hydrogen-bond acceptors (Lipinski definition) is 6. The van der Waals surface area contributed by atoms with Crippen molar-refractivity contribution in [1.82, 2.24) is 9.55 Å². The minimum Gasteiger partial charge on any atom is -0.493 e. The first kappa shape index (κ1) is 22.1. The maximum absolute atomic E-state index is 13.0. The summed E-state index contributed by atoms with van der Waals surface area (Å²) in [6, 6.07) is 9.29. The summed E-state index contributed by atoms with van der Waals surface area (Å²) in [5.74, 6) is 0.801. The number of aromatic amines is 1. The standard InChI is InChI=1S/C22H25N3O6/c1-3-4-5-14-31-20-18(30-2)11-10-17-19(20)23-22(27)24(21(17)26)13-12-15-6-8-16(9-7-15)25(28)29/h6-11H,3-5,12-14H2,1-2H3,(H,23,27). The molecule has 0 radical (unpaired) electrons. The molecule has 0 fully saturated rings. The zero-order valence-electron chi connectivity index (χ0n) is 17.6. The highest BCUT2D eigenvalue weighted by Crippen LogP contribution is 2.32. The second kappa shape index (κ2) is 9.92. The molecule has 0 amide bonds. The van der Waals surface area contributed by atoms with Gasteiger partial charge in [-0.3, -0.25) is 19.5 Å². The van der Waals surface area contributed by atoms with Crippen LogP contribution >= 0.6 is 0 Å². The van der Waals surface area contributed by atoms with E-state index < -0.39 is 16.2 Å². The van der Waals surface area contributed by atoms with Crippen LogP contribution in [0.5, 0.6) is 11.5 Å². The molecule has 1 N–H and O–H groups in total. The normalized spacial score (nSPS) is 10.9. The van der Waals surface area contributed by atoms with Gasteiger partial charge in [-0.15, -0.1) is 0 Å². The Morgan fingerprint density at radius 1 is 1.10 bits per heavy atom. The Kier molecular flexibility index (Phi) is 7.07. The van der Waals surface area contributed by atoms with Crippen LogP contribution < -0.4 is 20.7 Å². The number of unbranched alkanes of at least 4 members (excludes halogenated alkanes) is 2. The largest absolute Gasteiger partial charge is 0.493 e. The van der Waals surface area contributed by atoms with Gasteiger partial charge >= 0.3 is 5.69 Å². The Balaban J connectivity index is 1.90. The summed E-state index contributed by atoms with van der Waals surface area (Å²) in [5.41, 5.74) is 0.113. The number of nitro groups is 1. The SMILES string of the molecule is CCCCCOc1c(OC)ccc2c(=O)n(CCc3ccc([N+](=O)[O-])cc3)c(=O)[nH]c12. The summed E-state index contributed by atoms with van der Waals surface area (Å²) in [7, 11) is 1.50. The topological polar surface area (TPSA) is 116 Å². The van der Waals surface area contributed by atoms with Crippen molar-refractivity contribution in [3.8, 4) is 11.5 Å². The minimum absolute atomic E-state index is 0.00937. The van der Waals surface area contributed by atoms with Crippen LogP contribution in [0.2, 0.25) is 0 Å². The van der Waals surface area contributed by atoms with Crippen molar-refractivity contribution >= 4 is 16.6 Å². The number of nitrogens with one attached hydrogen (secondary N) is 1. The molecule has 0 atom stereocenters. The smallest absolute Gasteiger partial charge is 0.328 e. The second-order valence-corrected chi connectivity index (χ2v) is 7.14. The molecular weight excluding hydrogens is 402 g/mol. The van der Waals surface area contributed by atoms with E-state index in [4.69, 9.17) is 9.47 Å². The number of non-ortho nitro benzene ring substituents is 1. The molecule has 9 nitrogen and oxygen atoms in total. The molecule has 9 heteroatoms. The molecule has 164 valence electrons. The Morgan fingerprint density at radius 2 is 1.84 bits per heavy atom. The van der Waals surface area contributed by atoms with Crippen LogP contribution in [0.25, 0.3) is 10.9 Å². The van der Waals surface area contributed by atoms with E-state index in [1.165, 1.54) is 19.2 Å². The highest BCUT2D eigenvalue weighted by molar-refractivity contribution is 5.86. The van der Waals surface area contributed by atoms with Gasteiger partial charge in [0.2, 0.25) is 0 Å². The van der Waals surface area contributed by atoms with E-state index in [1.807, 2.05) is 0 Å². The molecule has 0 saturated carbocycles. The summed E-state index contributed by atoms with van der Waals surface area (Å²) in [5, 5.41) is 11.1. The fourth-order valence-corrected chi connectivity index (χ4v) is 3.34. The van der Waals surface area contributed by atoms with Crippen molar-refractivity contribution in [1.29, 1.82) is 0 Å². The molecular formula is C22H25N3O6. The fraction of sp³-hybridized carbons (Fsp3) is 0.364. The van der Waals surface area contributed by atoms with Gasteiger partial charge in [0.1, 0.15) is 5.52 Å². The van der Waals surface area contributed by atoms with E-state index >= 15 is 0 Å². The van der Waals surface area contributed by atoms with Crippen molar-refractivity contribution in [3.63, 3.8) is 0 Å². The number of nitrogens with zero attached hydrogens (tertiary/aromatic N) is 2. The van der Waals surface area contributed by atoms with Gasteiger partial charge in [0.25, 0.3) is 11.2 Å². The van der Waals surface area contributed by atoms with Gasteiger partial charge in [-0.25, -0.2) is 4.79 Å². The average Bonchev–Trinajstić information content (AvgIpc) is 2.76. The van der Waals surface area contributed by atoms with Crippen LogP contribution in [0.15, 0.2) is 46.0 Å². The summed E-state index contributed by atoms with van der Waals surface area (Å²) >= 11 is 0. The zero-order chi connectivity index (χ0) is 22.4. The highest BCUT2D eigenvalue weighted by Gasteiger charge is 2.16. The molecule has 1 heterocycles. The number of nitro benzene ring substituents is 1. The number of benzene rings is 2. The Bertz CT molecular complexity index is 1180. The van der Waals surface area contributed by atoms with Crippen molar-refractivity contribution in [2.45, 2.75) is 39.2 Å². The van der Waals surface area contributed by atoms with Crippen LogP contribution in [-0.4, -0.2) is 28.2 Å². The number of methoxy groups -OCH3 is 1.